The summed E-state index contributed by atoms with van der Waals surface area (Å²) in [5.41, 5.74) is 0.700. The number of hydrogen-bond donors (Lipinski definition) is 1. The van der Waals surface area contributed by atoms with E-state index in [1.54, 1.807) is 0 Å². The lowest BCUT2D eigenvalue weighted by atomic mass is 10.3. The molecule has 0 aliphatic rings. The summed E-state index contributed by atoms with van der Waals surface area (Å²) in [5.74, 6) is -0.133. The summed E-state index contributed by atoms with van der Waals surface area (Å²) < 4.78 is 10.8. The molecule has 106 valence electrons. The standard InChI is InChI=1S/C14H10N2O4S/c17-14(18)9-4-11(6-15-5-9)19-7-10-8-20-13(16-10)12-2-1-3-21-12/h1-6,8H,7H2,(H,17,18). The molecule has 0 saturated carbocycles. The molecule has 0 bridgehead atoms. The maximum atomic E-state index is 10.8. The van der Waals surface area contributed by atoms with Gasteiger partial charge in [-0.1, -0.05) is 6.07 Å². The molecule has 0 amide bonds. The highest BCUT2D eigenvalue weighted by atomic mass is 32.1. The molecule has 7 heteroatoms. The summed E-state index contributed by atoms with van der Waals surface area (Å²) in [7, 11) is 0. The summed E-state index contributed by atoms with van der Waals surface area (Å²) >= 11 is 1.54. The van der Waals surface area contributed by atoms with Crippen LogP contribution in [0.3, 0.4) is 0 Å². The third-order valence-electron chi connectivity index (χ3n) is 2.63. The molecule has 1 N–H and O–H groups in total. The maximum Gasteiger partial charge on any atom is 0.337 e. The number of rotatable bonds is 5. The predicted molar refractivity (Wildman–Crippen MR) is 75.3 cm³/mol. The fourth-order valence-electron chi connectivity index (χ4n) is 1.66. The normalized spacial score (nSPS) is 10.5. The Bertz CT molecular complexity index is 752. The van der Waals surface area contributed by atoms with E-state index in [4.69, 9.17) is 14.3 Å². The van der Waals surface area contributed by atoms with Gasteiger partial charge in [-0.25, -0.2) is 9.78 Å². The monoisotopic (exact) mass is 302 g/mol. The van der Waals surface area contributed by atoms with E-state index in [9.17, 15) is 4.79 Å². The number of hydrogen-bond acceptors (Lipinski definition) is 6. The van der Waals surface area contributed by atoms with Crippen LogP contribution in [0.1, 0.15) is 16.1 Å². The van der Waals surface area contributed by atoms with E-state index in [1.165, 1.54) is 36.1 Å². The van der Waals surface area contributed by atoms with Gasteiger partial charge < -0.3 is 14.3 Å². The van der Waals surface area contributed by atoms with E-state index in [-0.39, 0.29) is 12.2 Å². The first-order chi connectivity index (χ1) is 10.2. The molecule has 0 unspecified atom stereocenters. The average molecular weight is 302 g/mol. The molecular formula is C14H10N2O4S. The van der Waals surface area contributed by atoms with Gasteiger partial charge in [0.1, 0.15) is 24.3 Å². The van der Waals surface area contributed by atoms with Gasteiger partial charge in [0.15, 0.2) is 0 Å². The van der Waals surface area contributed by atoms with Gasteiger partial charge in [0.25, 0.3) is 0 Å². The van der Waals surface area contributed by atoms with E-state index in [2.05, 4.69) is 9.97 Å². The first-order valence-electron chi connectivity index (χ1n) is 6.02. The molecule has 3 heterocycles. The Balaban J connectivity index is 1.68. The zero-order valence-corrected chi connectivity index (χ0v) is 11.5. The molecular weight excluding hydrogens is 292 g/mol. The second kappa shape index (κ2) is 5.76. The van der Waals surface area contributed by atoms with Crippen molar-refractivity contribution in [2.75, 3.05) is 0 Å². The Morgan fingerprint density at radius 1 is 1.43 bits per heavy atom. The largest absolute Gasteiger partial charge is 0.486 e. The highest BCUT2D eigenvalue weighted by Gasteiger charge is 2.09. The lowest BCUT2D eigenvalue weighted by Crippen LogP contribution is -2.00. The molecule has 21 heavy (non-hydrogen) atoms. The van der Waals surface area contributed by atoms with Gasteiger partial charge in [0.2, 0.25) is 5.89 Å². The van der Waals surface area contributed by atoms with Crippen molar-refractivity contribution in [1.82, 2.24) is 9.97 Å². The number of thiophene rings is 1. The molecule has 0 radical (unpaired) electrons. The lowest BCUT2D eigenvalue weighted by molar-refractivity contribution is 0.0696. The summed E-state index contributed by atoms with van der Waals surface area (Å²) in [6, 6.07) is 5.25. The van der Waals surface area contributed by atoms with Crippen LogP contribution in [0.4, 0.5) is 0 Å². The number of aromatic carboxylic acids is 1. The second-order valence-corrected chi connectivity index (χ2v) is 5.07. The van der Waals surface area contributed by atoms with Gasteiger partial charge in [-0.2, -0.15) is 0 Å². The third-order valence-corrected chi connectivity index (χ3v) is 3.49. The Labute approximate surface area is 123 Å². The van der Waals surface area contributed by atoms with Crippen molar-refractivity contribution in [2.45, 2.75) is 6.61 Å². The zero-order valence-electron chi connectivity index (χ0n) is 10.7. The number of nitrogens with zero attached hydrogens (tertiary/aromatic N) is 2. The van der Waals surface area contributed by atoms with Gasteiger partial charge in [-0.3, -0.25) is 4.98 Å². The number of oxazole rings is 1. The minimum absolute atomic E-state index is 0.0759. The highest BCUT2D eigenvalue weighted by molar-refractivity contribution is 7.13. The van der Waals surface area contributed by atoms with Crippen molar-refractivity contribution in [3.63, 3.8) is 0 Å². The summed E-state index contributed by atoms with van der Waals surface area (Å²) in [4.78, 5) is 19.9. The topological polar surface area (TPSA) is 85.5 Å². The molecule has 0 saturated heterocycles. The third kappa shape index (κ3) is 3.09. The molecule has 6 nitrogen and oxygen atoms in total. The highest BCUT2D eigenvalue weighted by Crippen LogP contribution is 2.24. The lowest BCUT2D eigenvalue weighted by Gasteiger charge is -2.03. The fraction of sp³-hybridized carbons (Fsp3) is 0.0714. The minimum Gasteiger partial charge on any atom is -0.486 e. The van der Waals surface area contributed by atoms with E-state index in [0.717, 1.165) is 4.88 Å². The van der Waals surface area contributed by atoms with Gasteiger partial charge in [-0.05, 0) is 17.5 Å². The van der Waals surface area contributed by atoms with Crippen molar-refractivity contribution in [3.05, 3.63) is 53.5 Å². The van der Waals surface area contributed by atoms with Gasteiger partial charge >= 0.3 is 5.97 Å². The fourth-order valence-corrected chi connectivity index (χ4v) is 2.31. The summed E-state index contributed by atoms with van der Waals surface area (Å²) in [6.45, 7) is 0.180. The zero-order chi connectivity index (χ0) is 14.7. The predicted octanol–water partition coefficient (Wildman–Crippen LogP) is 3.08. The van der Waals surface area contributed by atoms with E-state index < -0.39 is 5.97 Å². The molecule has 3 rings (SSSR count). The van der Waals surface area contributed by atoms with Crippen LogP contribution in [0.2, 0.25) is 0 Å². The summed E-state index contributed by atoms with van der Waals surface area (Å²) in [6.07, 6.45) is 4.23. The molecule has 0 aliphatic carbocycles. The first kappa shape index (κ1) is 13.3. The van der Waals surface area contributed by atoms with Crippen molar-refractivity contribution in [3.8, 4) is 16.5 Å². The molecule has 3 aromatic heterocycles. The van der Waals surface area contributed by atoms with Crippen LogP contribution in [0, 0.1) is 0 Å². The molecule has 0 aliphatic heterocycles. The average Bonchev–Trinajstić information content (AvgIpc) is 3.16. The van der Waals surface area contributed by atoms with Crippen LogP contribution in [0.25, 0.3) is 10.8 Å². The van der Waals surface area contributed by atoms with Crippen molar-refractivity contribution < 1.29 is 19.1 Å². The second-order valence-electron chi connectivity index (χ2n) is 4.12. The van der Waals surface area contributed by atoms with Crippen molar-refractivity contribution >= 4 is 17.3 Å². The van der Waals surface area contributed by atoms with Gasteiger partial charge in [0, 0.05) is 6.20 Å². The molecule has 0 spiro atoms. The van der Waals surface area contributed by atoms with Crippen LogP contribution in [0.15, 0.2) is 46.7 Å². The number of carbonyl (C=O) groups is 1. The van der Waals surface area contributed by atoms with Gasteiger partial charge in [-0.15, -0.1) is 11.3 Å². The minimum atomic E-state index is -1.05. The number of carboxylic acids is 1. The molecule has 0 aromatic carbocycles. The van der Waals surface area contributed by atoms with Crippen LogP contribution in [-0.2, 0) is 6.61 Å². The Hall–Kier alpha value is -2.67. The maximum absolute atomic E-state index is 10.8. The Kier molecular flexibility index (Phi) is 3.65. The van der Waals surface area contributed by atoms with Crippen LogP contribution in [-0.4, -0.2) is 21.0 Å². The van der Waals surface area contributed by atoms with Crippen LogP contribution < -0.4 is 4.74 Å². The molecule has 3 aromatic rings. The molecule has 0 fully saturated rings. The van der Waals surface area contributed by atoms with Crippen molar-refractivity contribution in [2.24, 2.45) is 0 Å². The van der Waals surface area contributed by atoms with E-state index in [0.29, 0.717) is 17.3 Å². The van der Waals surface area contributed by atoms with Gasteiger partial charge in [0.05, 0.1) is 16.6 Å². The number of pyridine rings is 1. The van der Waals surface area contributed by atoms with Crippen molar-refractivity contribution in [1.29, 1.82) is 0 Å². The van der Waals surface area contributed by atoms with E-state index in [1.807, 2.05) is 17.5 Å². The number of ether oxygens (including phenoxy) is 1. The molecule has 0 atom stereocenters. The number of aromatic nitrogens is 2. The Morgan fingerprint density at radius 2 is 2.33 bits per heavy atom. The quantitative estimate of drug-likeness (QED) is 0.779. The van der Waals surface area contributed by atoms with Crippen LogP contribution >= 0.6 is 11.3 Å². The summed E-state index contributed by atoms with van der Waals surface area (Å²) in [5, 5.41) is 10.8. The first-order valence-corrected chi connectivity index (χ1v) is 6.90. The number of carboxylic acid groups (broad SMARTS) is 1. The SMILES string of the molecule is O=C(O)c1cncc(OCc2coc(-c3cccs3)n2)c1. The van der Waals surface area contributed by atoms with Crippen LogP contribution in [0.5, 0.6) is 5.75 Å². The van der Waals surface area contributed by atoms with E-state index >= 15 is 0 Å². The Morgan fingerprint density at radius 3 is 3.10 bits per heavy atom. The smallest absolute Gasteiger partial charge is 0.337 e.